The number of fused-ring (bicyclic) bond motifs is 1. The van der Waals surface area contributed by atoms with E-state index in [1.165, 1.54) is 16.9 Å². The summed E-state index contributed by atoms with van der Waals surface area (Å²) in [4.78, 5) is 27.1. The first-order valence-electron chi connectivity index (χ1n) is 8.42. The van der Waals surface area contributed by atoms with Crippen molar-refractivity contribution >= 4 is 28.8 Å². The van der Waals surface area contributed by atoms with Gasteiger partial charge in [0, 0.05) is 25.2 Å². The van der Waals surface area contributed by atoms with Gasteiger partial charge in [-0.2, -0.15) is 0 Å². The zero-order valence-electron chi connectivity index (χ0n) is 13.9. The zero-order chi connectivity index (χ0) is 16.9. The van der Waals surface area contributed by atoms with Crippen molar-refractivity contribution in [1.82, 2.24) is 4.90 Å². The summed E-state index contributed by atoms with van der Waals surface area (Å²) in [6.07, 6.45) is 3.32. The number of carbonyl (C=O) groups excluding carboxylic acids is 2. The van der Waals surface area contributed by atoms with Gasteiger partial charge in [0.2, 0.25) is 5.91 Å². The highest BCUT2D eigenvalue weighted by molar-refractivity contribution is 7.12. The highest BCUT2D eigenvalue weighted by Crippen LogP contribution is 2.25. The van der Waals surface area contributed by atoms with Gasteiger partial charge in [0.15, 0.2) is 0 Å². The number of rotatable bonds is 5. The minimum atomic E-state index is 0.0547. The molecule has 0 aliphatic carbocycles. The number of thiophene rings is 1. The molecule has 0 atom stereocenters. The van der Waals surface area contributed by atoms with Gasteiger partial charge < -0.3 is 10.2 Å². The van der Waals surface area contributed by atoms with Gasteiger partial charge in [-0.25, -0.2) is 0 Å². The molecule has 0 saturated heterocycles. The molecule has 5 heteroatoms. The first kappa shape index (κ1) is 16.7. The third-order valence-corrected chi connectivity index (χ3v) is 5.14. The minimum Gasteiger partial charge on any atom is -0.333 e. The molecule has 1 aliphatic heterocycles. The molecule has 1 aliphatic rings. The van der Waals surface area contributed by atoms with E-state index in [0.717, 1.165) is 41.9 Å². The van der Waals surface area contributed by atoms with E-state index in [2.05, 4.69) is 18.3 Å². The topological polar surface area (TPSA) is 49.4 Å². The number of unbranched alkanes of at least 4 members (excludes halogenated alkanes) is 1. The summed E-state index contributed by atoms with van der Waals surface area (Å²) in [7, 11) is 0. The molecular formula is C19H22N2O2S. The fourth-order valence-electron chi connectivity index (χ4n) is 2.93. The van der Waals surface area contributed by atoms with Crippen molar-refractivity contribution in [2.75, 3.05) is 11.9 Å². The Hall–Kier alpha value is -2.14. The Morgan fingerprint density at radius 2 is 2.12 bits per heavy atom. The Kier molecular flexibility index (Phi) is 5.30. The molecule has 3 rings (SSSR count). The van der Waals surface area contributed by atoms with Gasteiger partial charge in [-0.15, -0.1) is 11.3 Å². The first-order chi connectivity index (χ1) is 11.7. The standard InChI is InChI=1S/C19H22N2O2S/c1-2-3-6-18(22)20-16-8-7-14-9-10-21(13-15(14)12-16)19(23)17-5-4-11-24-17/h4-5,7-8,11-12H,2-3,6,9-10,13H2,1H3,(H,20,22). The van der Waals surface area contributed by atoms with Gasteiger partial charge in [-0.3, -0.25) is 9.59 Å². The van der Waals surface area contributed by atoms with Crippen molar-refractivity contribution in [1.29, 1.82) is 0 Å². The second-order valence-electron chi connectivity index (χ2n) is 6.09. The van der Waals surface area contributed by atoms with E-state index in [9.17, 15) is 9.59 Å². The number of amides is 2. The smallest absolute Gasteiger partial charge is 0.264 e. The number of nitrogens with one attached hydrogen (secondary N) is 1. The van der Waals surface area contributed by atoms with Gasteiger partial charge in [0.1, 0.15) is 0 Å². The highest BCUT2D eigenvalue weighted by Gasteiger charge is 2.22. The molecule has 4 nitrogen and oxygen atoms in total. The maximum absolute atomic E-state index is 12.5. The van der Waals surface area contributed by atoms with Crippen LogP contribution in [0.1, 0.15) is 47.0 Å². The SMILES string of the molecule is CCCCC(=O)Nc1ccc2c(c1)CN(C(=O)c1cccs1)CC2. The Morgan fingerprint density at radius 3 is 2.88 bits per heavy atom. The van der Waals surface area contributed by atoms with Crippen molar-refractivity contribution in [2.45, 2.75) is 39.2 Å². The van der Waals surface area contributed by atoms with E-state index in [0.29, 0.717) is 13.0 Å². The molecule has 126 valence electrons. The van der Waals surface area contributed by atoms with Crippen LogP contribution < -0.4 is 5.32 Å². The molecule has 0 saturated carbocycles. The van der Waals surface area contributed by atoms with Crippen LogP contribution in [0.4, 0.5) is 5.69 Å². The average Bonchev–Trinajstić information content (AvgIpc) is 3.13. The molecule has 2 amide bonds. The first-order valence-corrected chi connectivity index (χ1v) is 9.29. The summed E-state index contributed by atoms with van der Waals surface area (Å²) in [5.41, 5.74) is 3.21. The van der Waals surface area contributed by atoms with E-state index >= 15 is 0 Å². The Morgan fingerprint density at radius 1 is 1.25 bits per heavy atom. The average molecular weight is 342 g/mol. The number of hydrogen-bond acceptors (Lipinski definition) is 3. The van der Waals surface area contributed by atoms with Crippen molar-refractivity contribution in [3.63, 3.8) is 0 Å². The second-order valence-corrected chi connectivity index (χ2v) is 7.04. The minimum absolute atomic E-state index is 0.0547. The number of benzene rings is 1. The second kappa shape index (κ2) is 7.62. The molecule has 0 unspecified atom stereocenters. The lowest BCUT2D eigenvalue weighted by atomic mass is 9.99. The lowest BCUT2D eigenvalue weighted by Gasteiger charge is -2.29. The largest absolute Gasteiger partial charge is 0.333 e. The van der Waals surface area contributed by atoms with Crippen molar-refractivity contribution in [3.05, 3.63) is 51.7 Å². The van der Waals surface area contributed by atoms with Crippen LogP contribution >= 0.6 is 11.3 Å². The van der Waals surface area contributed by atoms with Crippen molar-refractivity contribution < 1.29 is 9.59 Å². The quantitative estimate of drug-likeness (QED) is 0.890. The third kappa shape index (κ3) is 3.85. The maximum atomic E-state index is 12.5. The molecule has 1 N–H and O–H groups in total. The number of carbonyl (C=O) groups is 2. The molecular weight excluding hydrogens is 320 g/mol. The number of hydrogen-bond donors (Lipinski definition) is 1. The Labute approximate surface area is 146 Å². The maximum Gasteiger partial charge on any atom is 0.264 e. The monoisotopic (exact) mass is 342 g/mol. The van der Waals surface area contributed by atoms with Crippen LogP contribution in [0, 0.1) is 0 Å². The summed E-state index contributed by atoms with van der Waals surface area (Å²) in [5, 5.41) is 4.88. The van der Waals surface area contributed by atoms with E-state index in [1.54, 1.807) is 0 Å². The van der Waals surface area contributed by atoms with Crippen LogP contribution in [-0.2, 0) is 17.8 Å². The molecule has 1 aromatic carbocycles. The molecule has 0 fully saturated rings. The van der Waals surface area contributed by atoms with E-state index in [4.69, 9.17) is 0 Å². The van der Waals surface area contributed by atoms with Crippen LogP contribution in [-0.4, -0.2) is 23.3 Å². The van der Waals surface area contributed by atoms with Gasteiger partial charge in [-0.1, -0.05) is 25.5 Å². The van der Waals surface area contributed by atoms with E-state index < -0.39 is 0 Å². The molecule has 24 heavy (non-hydrogen) atoms. The van der Waals surface area contributed by atoms with Gasteiger partial charge in [-0.05, 0) is 47.5 Å². The van der Waals surface area contributed by atoms with Crippen LogP contribution in [0.25, 0.3) is 0 Å². The Bertz CT molecular complexity index is 725. The fraction of sp³-hybridized carbons (Fsp3) is 0.368. The number of anilines is 1. The van der Waals surface area contributed by atoms with Crippen LogP contribution in [0.15, 0.2) is 35.7 Å². The lowest BCUT2D eigenvalue weighted by molar-refractivity contribution is -0.116. The van der Waals surface area contributed by atoms with Gasteiger partial charge >= 0.3 is 0 Å². The number of nitrogens with zero attached hydrogens (tertiary/aromatic N) is 1. The van der Waals surface area contributed by atoms with Crippen LogP contribution in [0.5, 0.6) is 0 Å². The van der Waals surface area contributed by atoms with Crippen LogP contribution in [0.3, 0.4) is 0 Å². The van der Waals surface area contributed by atoms with Gasteiger partial charge in [0.25, 0.3) is 5.91 Å². The van der Waals surface area contributed by atoms with Crippen LogP contribution in [0.2, 0.25) is 0 Å². The predicted molar refractivity (Wildman–Crippen MR) is 97.4 cm³/mol. The molecule has 2 aromatic rings. The lowest BCUT2D eigenvalue weighted by Crippen LogP contribution is -2.35. The summed E-state index contributed by atoms with van der Waals surface area (Å²) in [6.45, 7) is 3.42. The third-order valence-electron chi connectivity index (χ3n) is 4.28. The fourth-order valence-corrected chi connectivity index (χ4v) is 3.62. The molecule has 2 heterocycles. The molecule has 0 spiro atoms. The predicted octanol–water partition coefficient (Wildman–Crippen LogP) is 4.08. The normalized spacial score (nSPS) is 13.5. The summed E-state index contributed by atoms with van der Waals surface area (Å²) < 4.78 is 0. The Balaban J connectivity index is 1.69. The highest BCUT2D eigenvalue weighted by atomic mass is 32.1. The van der Waals surface area contributed by atoms with Crippen molar-refractivity contribution in [2.24, 2.45) is 0 Å². The van der Waals surface area contributed by atoms with E-state index in [1.807, 2.05) is 34.5 Å². The van der Waals surface area contributed by atoms with Crippen molar-refractivity contribution in [3.8, 4) is 0 Å². The molecule has 0 bridgehead atoms. The summed E-state index contributed by atoms with van der Waals surface area (Å²) in [6, 6.07) is 9.80. The van der Waals surface area contributed by atoms with Gasteiger partial charge in [0.05, 0.1) is 4.88 Å². The van der Waals surface area contributed by atoms with E-state index in [-0.39, 0.29) is 11.8 Å². The molecule has 0 radical (unpaired) electrons. The summed E-state index contributed by atoms with van der Waals surface area (Å²) in [5.74, 6) is 0.146. The summed E-state index contributed by atoms with van der Waals surface area (Å²) >= 11 is 1.48. The molecule has 1 aromatic heterocycles. The zero-order valence-corrected chi connectivity index (χ0v) is 14.7.